The smallest absolute Gasteiger partial charge is 0.270 e. The lowest BCUT2D eigenvalue weighted by Gasteiger charge is -2.17. The molecule has 1 aromatic heterocycles. The number of benzene rings is 1. The molecule has 0 radical (unpaired) electrons. The van der Waals surface area contributed by atoms with Gasteiger partial charge in [0.15, 0.2) is 0 Å². The molecule has 18 heavy (non-hydrogen) atoms. The van der Waals surface area contributed by atoms with Crippen molar-refractivity contribution in [1.29, 1.82) is 0 Å². The lowest BCUT2D eigenvalue weighted by atomic mass is 10.2. The van der Waals surface area contributed by atoms with Crippen molar-refractivity contribution < 1.29 is 9.53 Å². The summed E-state index contributed by atoms with van der Waals surface area (Å²) in [5, 5.41) is 0.940. The zero-order valence-electron chi connectivity index (χ0n) is 11.0. The predicted molar refractivity (Wildman–Crippen MR) is 72.1 cm³/mol. The Morgan fingerprint density at radius 2 is 2.06 bits per heavy atom. The van der Waals surface area contributed by atoms with Crippen molar-refractivity contribution in [3.8, 4) is 5.75 Å². The van der Waals surface area contributed by atoms with E-state index in [4.69, 9.17) is 4.74 Å². The van der Waals surface area contributed by atoms with Gasteiger partial charge in [0.25, 0.3) is 5.91 Å². The Labute approximate surface area is 107 Å². The number of amides is 1. The molecule has 1 N–H and O–H groups in total. The highest BCUT2D eigenvalue weighted by Crippen LogP contribution is 2.26. The molecule has 1 amide bonds. The first-order chi connectivity index (χ1) is 8.71. The Hall–Kier alpha value is -1.97. The summed E-state index contributed by atoms with van der Waals surface area (Å²) in [5.41, 5.74) is 1.53. The van der Waals surface area contributed by atoms with Gasteiger partial charge < -0.3 is 14.6 Å². The second-order valence-corrected chi connectivity index (χ2v) is 4.08. The van der Waals surface area contributed by atoms with Crippen molar-refractivity contribution in [3.63, 3.8) is 0 Å². The van der Waals surface area contributed by atoms with Crippen LogP contribution in [0, 0.1) is 0 Å². The first kappa shape index (κ1) is 12.5. The monoisotopic (exact) mass is 246 g/mol. The first-order valence-corrected chi connectivity index (χ1v) is 6.16. The first-order valence-electron chi connectivity index (χ1n) is 6.16. The zero-order chi connectivity index (χ0) is 13.1. The average Bonchev–Trinajstić information content (AvgIpc) is 2.83. The maximum absolute atomic E-state index is 12.2. The van der Waals surface area contributed by atoms with E-state index in [9.17, 15) is 4.79 Å². The van der Waals surface area contributed by atoms with Crippen molar-refractivity contribution in [1.82, 2.24) is 9.88 Å². The number of fused-ring (bicyclic) bond motifs is 1. The van der Waals surface area contributed by atoms with E-state index < -0.39 is 0 Å². The molecule has 2 aromatic rings. The number of ether oxygens (including phenoxy) is 1. The van der Waals surface area contributed by atoms with Crippen LogP contribution >= 0.6 is 0 Å². The van der Waals surface area contributed by atoms with Crippen molar-refractivity contribution in [2.45, 2.75) is 13.8 Å². The van der Waals surface area contributed by atoms with Gasteiger partial charge in [-0.3, -0.25) is 4.79 Å². The third kappa shape index (κ3) is 2.06. The maximum Gasteiger partial charge on any atom is 0.270 e. The fourth-order valence-corrected chi connectivity index (χ4v) is 2.10. The van der Waals surface area contributed by atoms with Gasteiger partial charge in [-0.1, -0.05) is 6.07 Å². The van der Waals surface area contributed by atoms with E-state index in [0.29, 0.717) is 18.8 Å². The second kappa shape index (κ2) is 5.12. The third-order valence-electron chi connectivity index (χ3n) is 3.13. The van der Waals surface area contributed by atoms with Crippen LogP contribution in [0.5, 0.6) is 5.75 Å². The van der Waals surface area contributed by atoms with E-state index in [-0.39, 0.29) is 5.91 Å². The third-order valence-corrected chi connectivity index (χ3v) is 3.13. The lowest BCUT2D eigenvalue weighted by Crippen LogP contribution is -2.30. The largest absolute Gasteiger partial charge is 0.496 e. The zero-order valence-corrected chi connectivity index (χ0v) is 11.0. The summed E-state index contributed by atoms with van der Waals surface area (Å²) >= 11 is 0. The van der Waals surface area contributed by atoms with Crippen LogP contribution in [0.4, 0.5) is 0 Å². The molecule has 0 aliphatic carbocycles. The van der Waals surface area contributed by atoms with E-state index in [1.54, 1.807) is 12.0 Å². The molecule has 0 saturated heterocycles. The average molecular weight is 246 g/mol. The summed E-state index contributed by atoms with van der Waals surface area (Å²) in [5.74, 6) is 0.806. The van der Waals surface area contributed by atoms with Gasteiger partial charge in [0, 0.05) is 24.0 Å². The lowest BCUT2D eigenvalue weighted by molar-refractivity contribution is 0.0768. The molecule has 0 fully saturated rings. The summed E-state index contributed by atoms with van der Waals surface area (Å²) in [6.45, 7) is 5.37. The Morgan fingerprint density at radius 3 is 2.67 bits per heavy atom. The highest BCUT2D eigenvalue weighted by molar-refractivity contribution is 5.99. The molecular formula is C14H18N2O2. The number of methoxy groups -OCH3 is 1. The van der Waals surface area contributed by atoms with Gasteiger partial charge in [-0.05, 0) is 32.0 Å². The molecule has 0 atom stereocenters. The van der Waals surface area contributed by atoms with E-state index >= 15 is 0 Å². The van der Waals surface area contributed by atoms with E-state index in [1.807, 2.05) is 38.1 Å². The molecular weight excluding hydrogens is 228 g/mol. The summed E-state index contributed by atoms with van der Waals surface area (Å²) in [6, 6.07) is 7.59. The van der Waals surface area contributed by atoms with Crippen molar-refractivity contribution in [2.24, 2.45) is 0 Å². The van der Waals surface area contributed by atoms with Crippen LogP contribution in [-0.4, -0.2) is 36.0 Å². The highest BCUT2D eigenvalue weighted by atomic mass is 16.5. The second-order valence-electron chi connectivity index (χ2n) is 4.08. The topological polar surface area (TPSA) is 45.3 Å². The number of carbonyl (C=O) groups excluding carboxylic acids is 1. The van der Waals surface area contributed by atoms with Gasteiger partial charge in [0.2, 0.25) is 0 Å². The number of hydrogen-bond acceptors (Lipinski definition) is 2. The molecule has 2 rings (SSSR count). The molecule has 0 bridgehead atoms. The minimum absolute atomic E-state index is 0.0262. The molecule has 0 aliphatic heterocycles. The fraction of sp³-hybridized carbons (Fsp3) is 0.357. The van der Waals surface area contributed by atoms with Gasteiger partial charge in [-0.25, -0.2) is 0 Å². The number of carbonyl (C=O) groups is 1. The summed E-state index contributed by atoms with van der Waals surface area (Å²) in [4.78, 5) is 17.2. The molecule has 0 aliphatic rings. The quantitative estimate of drug-likeness (QED) is 0.901. The van der Waals surface area contributed by atoms with Crippen LogP contribution < -0.4 is 4.74 Å². The highest BCUT2D eigenvalue weighted by Gasteiger charge is 2.16. The van der Waals surface area contributed by atoms with Gasteiger partial charge in [-0.2, -0.15) is 0 Å². The molecule has 0 saturated carbocycles. The van der Waals surface area contributed by atoms with Crippen LogP contribution in [0.2, 0.25) is 0 Å². The number of aromatic amines is 1. The Balaban J connectivity index is 2.44. The molecule has 1 aromatic carbocycles. The van der Waals surface area contributed by atoms with Crippen LogP contribution in [-0.2, 0) is 0 Å². The molecule has 0 spiro atoms. The number of rotatable bonds is 4. The fourth-order valence-electron chi connectivity index (χ4n) is 2.10. The van der Waals surface area contributed by atoms with Crippen LogP contribution in [0.3, 0.4) is 0 Å². The molecule has 96 valence electrons. The minimum Gasteiger partial charge on any atom is -0.496 e. The van der Waals surface area contributed by atoms with Crippen LogP contribution in [0.1, 0.15) is 24.3 Å². The van der Waals surface area contributed by atoms with E-state index in [0.717, 1.165) is 16.7 Å². The number of hydrogen-bond donors (Lipinski definition) is 1. The van der Waals surface area contributed by atoms with Crippen molar-refractivity contribution in [3.05, 3.63) is 30.0 Å². The number of nitrogens with zero attached hydrogens (tertiary/aromatic N) is 1. The maximum atomic E-state index is 12.2. The standard InChI is InChI=1S/C14H18N2O2/c1-4-16(5-2)14(17)12-9-10-11(15-12)7-6-8-13(10)18-3/h6-9,15H,4-5H2,1-3H3. The Morgan fingerprint density at radius 1 is 1.33 bits per heavy atom. The Bertz CT molecular complexity index is 556. The number of aromatic nitrogens is 1. The SMILES string of the molecule is CCN(CC)C(=O)c1cc2c(OC)cccc2[nH]1. The van der Waals surface area contributed by atoms with Crippen molar-refractivity contribution >= 4 is 16.8 Å². The summed E-state index contributed by atoms with van der Waals surface area (Å²) in [6.07, 6.45) is 0. The van der Waals surface area contributed by atoms with Gasteiger partial charge in [-0.15, -0.1) is 0 Å². The molecule has 0 unspecified atom stereocenters. The summed E-state index contributed by atoms with van der Waals surface area (Å²) in [7, 11) is 1.63. The van der Waals surface area contributed by atoms with Crippen LogP contribution in [0.25, 0.3) is 10.9 Å². The van der Waals surface area contributed by atoms with E-state index in [2.05, 4.69) is 4.98 Å². The van der Waals surface area contributed by atoms with Crippen LogP contribution in [0.15, 0.2) is 24.3 Å². The number of nitrogens with one attached hydrogen (secondary N) is 1. The van der Waals surface area contributed by atoms with Gasteiger partial charge >= 0.3 is 0 Å². The predicted octanol–water partition coefficient (Wildman–Crippen LogP) is 2.66. The normalized spacial score (nSPS) is 10.6. The van der Waals surface area contributed by atoms with Crippen molar-refractivity contribution in [2.75, 3.05) is 20.2 Å². The minimum atomic E-state index is 0.0262. The van der Waals surface area contributed by atoms with E-state index in [1.165, 1.54) is 0 Å². The molecule has 1 heterocycles. The molecule has 4 nitrogen and oxygen atoms in total. The van der Waals surface area contributed by atoms with Gasteiger partial charge in [0.05, 0.1) is 7.11 Å². The Kier molecular flexibility index (Phi) is 3.55. The van der Waals surface area contributed by atoms with Gasteiger partial charge in [0.1, 0.15) is 11.4 Å². The molecule has 4 heteroatoms. The number of H-pyrrole nitrogens is 1. The summed E-state index contributed by atoms with van der Waals surface area (Å²) < 4.78 is 5.29.